The Bertz CT molecular complexity index is 447. The lowest BCUT2D eigenvalue weighted by Gasteiger charge is -2.20. The summed E-state index contributed by atoms with van der Waals surface area (Å²) in [5.74, 6) is 0.0415. The lowest BCUT2D eigenvalue weighted by Crippen LogP contribution is -2.31. The van der Waals surface area contributed by atoms with E-state index in [0.29, 0.717) is 10.6 Å². The third-order valence-corrected chi connectivity index (χ3v) is 3.41. The standard InChI is InChI=1S/C14H16ClNO2/c15-12-3-1-10(2-4-12)13(17)9-14(18)11-5-7-16-8-6-11/h1-4,9,11,16-17H,5-8H2/b13-9-. The van der Waals surface area contributed by atoms with Crippen LogP contribution in [-0.4, -0.2) is 24.0 Å². The number of piperidine rings is 1. The summed E-state index contributed by atoms with van der Waals surface area (Å²) in [6, 6.07) is 6.78. The molecule has 0 radical (unpaired) electrons. The third kappa shape index (κ3) is 3.34. The predicted molar refractivity (Wildman–Crippen MR) is 72.7 cm³/mol. The van der Waals surface area contributed by atoms with Gasteiger partial charge in [0, 0.05) is 22.6 Å². The minimum Gasteiger partial charge on any atom is -0.507 e. The molecule has 0 bridgehead atoms. The van der Waals surface area contributed by atoms with Crippen LogP contribution in [-0.2, 0) is 4.79 Å². The van der Waals surface area contributed by atoms with Crippen LogP contribution in [0.3, 0.4) is 0 Å². The second-order valence-electron chi connectivity index (χ2n) is 4.46. The maximum absolute atomic E-state index is 12.0. The molecule has 1 fully saturated rings. The van der Waals surface area contributed by atoms with Crippen molar-refractivity contribution >= 4 is 23.1 Å². The maximum atomic E-state index is 12.0. The molecule has 0 unspecified atom stereocenters. The quantitative estimate of drug-likeness (QED) is 0.653. The lowest BCUT2D eigenvalue weighted by molar-refractivity contribution is -0.118. The molecule has 0 atom stereocenters. The average molecular weight is 266 g/mol. The van der Waals surface area contributed by atoms with E-state index in [1.807, 2.05) is 0 Å². The summed E-state index contributed by atoms with van der Waals surface area (Å²) < 4.78 is 0. The number of benzene rings is 1. The van der Waals surface area contributed by atoms with E-state index in [1.165, 1.54) is 6.08 Å². The molecule has 1 aliphatic heterocycles. The summed E-state index contributed by atoms with van der Waals surface area (Å²) in [6.07, 6.45) is 3.01. The number of aliphatic hydroxyl groups excluding tert-OH is 1. The molecule has 1 aliphatic rings. The summed E-state index contributed by atoms with van der Waals surface area (Å²) >= 11 is 5.77. The number of carbonyl (C=O) groups is 1. The van der Waals surface area contributed by atoms with Gasteiger partial charge >= 0.3 is 0 Å². The first-order valence-electron chi connectivity index (χ1n) is 6.08. The summed E-state index contributed by atoms with van der Waals surface area (Å²) in [5.41, 5.74) is 0.613. The van der Waals surface area contributed by atoms with Crippen LogP contribution in [0.15, 0.2) is 30.3 Å². The van der Waals surface area contributed by atoms with Crippen molar-refractivity contribution in [2.24, 2.45) is 5.92 Å². The van der Waals surface area contributed by atoms with Crippen LogP contribution in [0, 0.1) is 5.92 Å². The normalized spacial score (nSPS) is 17.7. The monoisotopic (exact) mass is 265 g/mol. The Morgan fingerprint density at radius 2 is 1.89 bits per heavy atom. The van der Waals surface area contributed by atoms with Gasteiger partial charge in [-0.15, -0.1) is 0 Å². The molecule has 0 spiro atoms. The second-order valence-corrected chi connectivity index (χ2v) is 4.90. The number of rotatable bonds is 3. The SMILES string of the molecule is O=C(/C=C(\O)c1ccc(Cl)cc1)C1CCNCC1. The number of nitrogens with one attached hydrogen (secondary N) is 1. The molecule has 0 aliphatic carbocycles. The molecule has 0 amide bonds. The van der Waals surface area contributed by atoms with Crippen molar-refractivity contribution in [1.82, 2.24) is 5.32 Å². The van der Waals surface area contributed by atoms with Crippen LogP contribution in [0.1, 0.15) is 18.4 Å². The minimum absolute atomic E-state index is 0.00366. The molecule has 2 rings (SSSR count). The van der Waals surface area contributed by atoms with Crippen molar-refractivity contribution in [3.05, 3.63) is 40.9 Å². The highest BCUT2D eigenvalue weighted by Crippen LogP contribution is 2.18. The van der Waals surface area contributed by atoms with Crippen molar-refractivity contribution in [3.8, 4) is 0 Å². The topological polar surface area (TPSA) is 49.3 Å². The van der Waals surface area contributed by atoms with Crippen molar-refractivity contribution in [2.45, 2.75) is 12.8 Å². The Balaban J connectivity index is 2.07. The number of hydrogen-bond acceptors (Lipinski definition) is 3. The van der Waals surface area contributed by atoms with Gasteiger partial charge in [0.15, 0.2) is 5.78 Å². The fourth-order valence-electron chi connectivity index (χ4n) is 2.06. The van der Waals surface area contributed by atoms with Gasteiger partial charge in [-0.3, -0.25) is 4.79 Å². The van der Waals surface area contributed by atoms with E-state index in [1.54, 1.807) is 24.3 Å². The molecule has 3 nitrogen and oxygen atoms in total. The number of aliphatic hydroxyl groups is 1. The molecule has 1 aromatic rings. The van der Waals surface area contributed by atoms with Crippen LogP contribution in [0.25, 0.3) is 5.76 Å². The van der Waals surface area contributed by atoms with E-state index in [4.69, 9.17) is 11.6 Å². The molecule has 0 aromatic heterocycles. The van der Waals surface area contributed by atoms with Gasteiger partial charge in [-0.25, -0.2) is 0 Å². The van der Waals surface area contributed by atoms with Gasteiger partial charge in [0.1, 0.15) is 5.76 Å². The Morgan fingerprint density at radius 3 is 2.50 bits per heavy atom. The highest BCUT2D eigenvalue weighted by atomic mass is 35.5. The number of halogens is 1. The average Bonchev–Trinajstić information content (AvgIpc) is 2.40. The van der Waals surface area contributed by atoms with Gasteiger partial charge in [0.05, 0.1) is 0 Å². The minimum atomic E-state index is 0.00366. The van der Waals surface area contributed by atoms with E-state index in [2.05, 4.69) is 5.32 Å². The van der Waals surface area contributed by atoms with Gasteiger partial charge in [-0.2, -0.15) is 0 Å². The van der Waals surface area contributed by atoms with Gasteiger partial charge < -0.3 is 10.4 Å². The van der Waals surface area contributed by atoms with Crippen LogP contribution in [0.2, 0.25) is 5.02 Å². The number of carbonyl (C=O) groups excluding carboxylic acids is 1. The Kier molecular flexibility index (Phi) is 4.39. The summed E-state index contributed by atoms with van der Waals surface area (Å²) in [6.45, 7) is 1.73. The van der Waals surface area contributed by atoms with Gasteiger partial charge in [0.25, 0.3) is 0 Å². The van der Waals surface area contributed by atoms with Crippen LogP contribution < -0.4 is 5.32 Å². The van der Waals surface area contributed by atoms with Gasteiger partial charge in [-0.1, -0.05) is 11.6 Å². The number of hydrogen-bond donors (Lipinski definition) is 2. The first kappa shape index (κ1) is 13.1. The van der Waals surface area contributed by atoms with E-state index in [-0.39, 0.29) is 17.5 Å². The predicted octanol–water partition coefficient (Wildman–Crippen LogP) is 2.81. The van der Waals surface area contributed by atoms with Gasteiger partial charge in [-0.05, 0) is 50.2 Å². The Morgan fingerprint density at radius 1 is 1.28 bits per heavy atom. The lowest BCUT2D eigenvalue weighted by atomic mass is 9.93. The molecular formula is C14H16ClNO2. The summed E-state index contributed by atoms with van der Waals surface area (Å²) in [7, 11) is 0. The molecule has 4 heteroatoms. The van der Waals surface area contributed by atoms with Crippen molar-refractivity contribution in [2.75, 3.05) is 13.1 Å². The molecular weight excluding hydrogens is 250 g/mol. The highest BCUT2D eigenvalue weighted by molar-refractivity contribution is 6.30. The van der Waals surface area contributed by atoms with Gasteiger partial charge in [0.2, 0.25) is 0 Å². The number of ketones is 1. The van der Waals surface area contributed by atoms with Crippen molar-refractivity contribution in [1.29, 1.82) is 0 Å². The van der Waals surface area contributed by atoms with Crippen LogP contribution in [0.4, 0.5) is 0 Å². The van der Waals surface area contributed by atoms with E-state index < -0.39 is 0 Å². The zero-order chi connectivity index (χ0) is 13.0. The first-order valence-corrected chi connectivity index (χ1v) is 6.46. The zero-order valence-corrected chi connectivity index (χ0v) is 10.8. The molecule has 18 heavy (non-hydrogen) atoms. The fourth-order valence-corrected chi connectivity index (χ4v) is 2.19. The molecule has 2 N–H and O–H groups in total. The van der Waals surface area contributed by atoms with E-state index >= 15 is 0 Å². The molecule has 1 saturated heterocycles. The molecule has 1 aromatic carbocycles. The zero-order valence-electron chi connectivity index (χ0n) is 10.0. The Hall–Kier alpha value is -1.32. The van der Waals surface area contributed by atoms with E-state index in [9.17, 15) is 9.90 Å². The molecule has 1 heterocycles. The molecule has 96 valence electrons. The third-order valence-electron chi connectivity index (χ3n) is 3.16. The highest BCUT2D eigenvalue weighted by Gasteiger charge is 2.19. The summed E-state index contributed by atoms with van der Waals surface area (Å²) in [5, 5.41) is 13.7. The van der Waals surface area contributed by atoms with E-state index in [0.717, 1.165) is 25.9 Å². The largest absolute Gasteiger partial charge is 0.507 e. The van der Waals surface area contributed by atoms with Crippen LogP contribution >= 0.6 is 11.6 Å². The van der Waals surface area contributed by atoms with Crippen LogP contribution in [0.5, 0.6) is 0 Å². The summed E-state index contributed by atoms with van der Waals surface area (Å²) in [4.78, 5) is 12.0. The van der Waals surface area contributed by atoms with Crippen molar-refractivity contribution < 1.29 is 9.90 Å². The maximum Gasteiger partial charge on any atom is 0.162 e. The molecule has 0 saturated carbocycles. The Labute approximate surface area is 111 Å². The number of allylic oxidation sites excluding steroid dienone is 1. The first-order chi connectivity index (χ1) is 8.66. The second kappa shape index (κ2) is 6.03. The smallest absolute Gasteiger partial charge is 0.162 e. The fraction of sp³-hybridized carbons (Fsp3) is 0.357. The van der Waals surface area contributed by atoms with Crippen molar-refractivity contribution in [3.63, 3.8) is 0 Å².